The van der Waals surface area contributed by atoms with Crippen molar-refractivity contribution in [3.8, 4) is 34.3 Å². The van der Waals surface area contributed by atoms with E-state index in [1.54, 1.807) is 28.4 Å². The van der Waals surface area contributed by atoms with Crippen molar-refractivity contribution in [2.45, 2.75) is 0 Å². The second-order valence-corrected chi connectivity index (χ2v) is 5.61. The van der Waals surface area contributed by atoms with Crippen LogP contribution in [-0.2, 0) is 0 Å². The fourth-order valence-electron chi connectivity index (χ4n) is 2.46. The van der Waals surface area contributed by atoms with Gasteiger partial charge in [0.1, 0.15) is 0 Å². The maximum absolute atomic E-state index is 5.39. The third-order valence-corrected chi connectivity index (χ3v) is 4.44. The first-order valence-electron chi connectivity index (χ1n) is 6.95. The van der Waals surface area contributed by atoms with Crippen molar-refractivity contribution in [1.82, 2.24) is 4.37 Å². The van der Waals surface area contributed by atoms with Gasteiger partial charge in [-0.2, -0.15) is 4.37 Å². The summed E-state index contributed by atoms with van der Waals surface area (Å²) in [7, 11) is 6.49. The number of aromatic nitrogens is 1. The van der Waals surface area contributed by atoms with E-state index in [4.69, 9.17) is 18.9 Å². The van der Waals surface area contributed by atoms with Crippen molar-refractivity contribution in [1.29, 1.82) is 0 Å². The Morgan fingerprint density at radius 2 is 1.35 bits per heavy atom. The van der Waals surface area contributed by atoms with Gasteiger partial charge < -0.3 is 18.9 Å². The summed E-state index contributed by atoms with van der Waals surface area (Å²) in [6.07, 6.45) is 0. The first-order chi connectivity index (χ1) is 11.2. The van der Waals surface area contributed by atoms with Crippen LogP contribution in [0, 0.1) is 0 Å². The van der Waals surface area contributed by atoms with Crippen LogP contribution < -0.4 is 18.9 Å². The molecule has 120 valence electrons. The highest BCUT2D eigenvalue weighted by atomic mass is 32.1. The number of ether oxygens (including phenoxy) is 4. The third kappa shape index (κ3) is 2.66. The van der Waals surface area contributed by atoms with E-state index in [2.05, 4.69) is 4.37 Å². The molecule has 6 heteroatoms. The summed E-state index contributed by atoms with van der Waals surface area (Å²) in [5.41, 5.74) is 1.84. The van der Waals surface area contributed by atoms with Gasteiger partial charge in [0.25, 0.3) is 0 Å². The number of nitrogens with zero attached hydrogens (tertiary/aromatic N) is 1. The number of methoxy groups -OCH3 is 4. The van der Waals surface area contributed by atoms with Crippen LogP contribution in [-0.4, -0.2) is 32.8 Å². The summed E-state index contributed by atoms with van der Waals surface area (Å²) in [4.78, 5) is 0. The maximum Gasteiger partial charge on any atom is 0.162 e. The lowest BCUT2D eigenvalue weighted by molar-refractivity contribution is 0.355. The van der Waals surface area contributed by atoms with E-state index in [0.29, 0.717) is 23.0 Å². The first kappa shape index (κ1) is 15.4. The monoisotopic (exact) mass is 331 g/mol. The van der Waals surface area contributed by atoms with Crippen LogP contribution in [0.15, 0.2) is 30.3 Å². The lowest BCUT2D eigenvalue weighted by Crippen LogP contribution is -1.91. The van der Waals surface area contributed by atoms with Gasteiger partial charge in [-0.1, -0.05) is 0 Å². The number of rotatable bonds is 5. The highest BCUT2D eigenvalue weighted by molar-refractivity contribution is 7.13. The standard InChI is InChI=1S/C17H17NO4S/c1-19-12-6-5-10(7-13(12)20-2)17-11-8-14(21-3)15(22-4)9-16(11)23-18-17/h5-9H,1-4H3. The molecule has 0 radical (unpaired) electrons. The lowest BCUT2D eigenvalue weighted by atomic mass is 10.1. The minimum Gasteiger partial charge on any atom is -0.493 e. The molecule has 5 nitrogen and oxygen atoms in total. The van der Waals surface area contributed by atoms with Crippen molar-refractivity contribution in [2.24, 2.45) is 0 Å². The third-order valence-electron chi connectivity index (χ3n) is 3.63. The molecule has 0 fully saturated rings. The van der Waals surface area contributed by atoms with Gasteiger partial charge >= 0.3 is 0 Å². The predicted molar refractivity (Wildman–Crippen MR) is 91.3 cm³/mol. The lowest BCUT2D eigenvalue weighted by Gasteiger charge is -2.09. The van der Waals surface area contributed by atoms with E-state index in [-0.39, 0.29) is 0 Å². The van der Waals surface area contributed by atoms with Gasteiger partial charge in [0.05, 0.1) is 38.8 Å². The Morgan fingerprint density at radius 1 is 0.739 bits per heavy atom. The van der Waals surface area contributed by atoms with Crippen LogP contribution in [0.1, 0.15) is 0 Å². The molecule has 0 bridgehead atoms. The SMILES string of the molecule is COc1ccc(-c2nsc3cc(OC)c(OC)cc23)cc1OC. The van der Waals surface area contributed by atoms with E-state index in [9.17, 15) is 0 Å². The van der Waals surface area contributed by atoms with Gasteiger partial charge in [0.2, 0.25) is 0 Å². The Morgan fingerprint density at radius 3 is 2.00 bits per heavy atom. The van der Waals surface area contributed by atoms with Gasteiger partial charge in [-0.15, -0.1) is 0 Å². The summed E-state index contributed by atoms with van der Waals surface area (Å²) in [5.74, 6) is 2.74. The van der Waals surface area contributed by atoms with Crippen LogP contribution in [0.2, 0.25) is 0 Å². The quantitative estimate of drug-likeness (QED) is 0.707. The second kappa shape index (κ2) is 6.34. The summed E-state index contributed by atoms with van der Waals surface area (Å²) in [5, 5.41) is 1.01. The molecular weight excluding hydrogens is 314 g/mol. The molecule has 3 aromatic rings. The Kier molecular flexibility index (Phi) is 4.25. The van der Waals surface area contributed by atoms with Gasteiger partial charge in [-0.25, -0.2) is 0 Å². The molecule has 2 aromatic carbocycles. The van der Waals surface area contributed by atoms with Gasteiger partial charge in [0.15, 0.2) is 23.0 Å². The van der Waals surface area contributed by atoms with Crippen LogP contribution in [0.4, 0.5) is 0 Å². The smallest absolute Gasteiger partial charge is 0.162 e. The summed E-state index contributed by atoms with van der Waals surface area (Å²) >= 11 is 1.42. The average molecular weight is 331 g/mol. The molecule has 0 unspecified atom stereocenters. The maximum atomic E-state index is 5.39. The minimum atomic E-state index is 0.673. The van der Waals surface area contributed by atoms with E-state index in [1.165, 1.54) is 11.5 Å². The first-order valence-corrected chi connectivity index (χ1v) is 7.73. The Bertz CT molecular complexity index is 844. The molecule has 0 aliphatic carbocycles. The summed E-state index contributed by atoms with van der Waals surface area (Å²) in [6, 6.07) is 9.65. The molecule has 0 amide bonds. The van der Waals surface area contributed by atoms with Gasteiger partial charge in [0, 0.05) is 17.0 Å². The van der Waals surface area contributed by atoms with E-state index >= 15 is 0 Å². The fraction of sp³-hybridized carbons (Fsp3) is 0.235. The molecule has 0 atom stereocenters. The van der Waals surface area contributed by atoms with Crippen molar-refractivity contribution < 1.29 is 18.9 Å². The van der Waals surface area contributed by atoms with E-state index < -0.39 is 0 Å². The fourth-order valence-corrected chi connectivity index (χ4v) is 3.26. The van der Waals surface area contributed by atoms with E-state index in [1.807, 2.05) is 30.3 Å². The zero-order chi connectivity index (χ0) is 16.4. The van der Waals surface area contributed by atoms with Gasteiger partial charge in [-0.05, 0) is 35.8 Å². The predicted octanol–water partition coefficient (Wildman–Crippen LogP) is 4.00. The summed E-state index contributed by atoms with van der Waals surface area (Å²) in [6.45, 7) is 0. The molecule has 1 aromatic heterocycles. The molecule has 3 rings (SSSR count). The zero-order valence-electron chi connectivity index (χ0n) is 13.4. The Labute approximate surface area is 138 Å². The van der Waals surface area contributed by atoms with Crippen LogP contribution >= 0.6 is 11.5 Å². The summed E-state index contributed by atoms with van der Waals surface area (Å²) < 4.78 is 27.0. The zero-order valence-corrected chi connectivity index (χ0v) is 14.2. The largest absolute Gasteiger partial charge is 0.493 e. The molecule has 0 saturated carbocycles. The molecule has 1 heterocycles. The number of hydrogen-bond acceptors (Lipinski definition) is 6. The molecule has 0 spiro atoms. The van der Waals surface area contributed by atoms with Crippen LogP contribution in [0.3, 0.4) is 0 Å². The Hall–Kier alpha value is -2.47. The van der Waals surface area contributed by atoms with Crippen molar-refractivity contribution in [3.05, 3.63) is 30.3 Å². The molecule has 0 N–H and O–H groups in total. The van der Waals surface area contributed by atoms with Crippen LogP contribution in [0.5, 0.6) is 23.0 Å². The molecule has 0 aliphatic rings. The molecule has 23 heavy (non-hydrogen) atoms. The number of fused-ring (bicyclic) bond motifs is 1. The van der Waals surface area contributed by atoms with Crippen molar-refractivity contribution in [3.63, 3.8) is 0 Å². The van der Waals surface area contributed by atoms with E-state index in [0.717, 1.165) is 21.3 Å². The van der Waals surface area contributed by atoms with Crippen molar-refractivity contribution >= 4 is 21.6 Å². The molecule has 0 aliphatic heterocycles. The highest BCUT2D eigenvalue weighted by Crippen LogP contribution is 2.40. The van der Waals surface area contributed by atoms with Crippen LogP contribution in [0.25, 0.3) is 21.3 Å². The minimum absolute atomic E-state index is 0.673. The number of hydrogen-bond donors (Lipinski definition) is 0. The van der Waals surface area contributed by atoms with Crippen molar-refractivity contribution in [2.75, 3.05) is 28.4 Å². The number of benzene rings is 2. The molecule has 0 saturated heterocycles. The normalized spacial score (nSPS) is 10.6. The average Bonchev–Trinajstić information content (AvgIpc) is 3.02. The van der Waals surface area contributed by atoms with Gasteiger partial charge in [-0.3, -0.25) is 0 Å². The Balaban J connectivity index is 2.17. The highest BCUT2D eigenvalue weighted by Gasteiger charge is 2.15. The molecular formula is C17H17NO4S. The topological polar surface area (TPSA) is 49.8 Å². The second-order valence-electron chi connectivity index (χ2n) is 4.80.